The molecule has 0 radical (unpaired) electrons. The van der Waals surface area contributed by atoms with E-state index >= 15 is 0 Å². The molecule has 1 aliphatic rings. The number of aryl methyl sites for hydroxylation is 1. The van der Waals surface area contributed by atoms with Gasteiger partial charge in [0.15, 0.2) is 5.11 Å². The second-order valence-corrected chi connectivity index (χ2v) is 9.63. The second kappa shape index (κ2) is 10.1. The quantitative estimate of drug-likeness (QED) is 0.293. The van der Waals surface area contributed by atoms with Crippen molar-refractivity contribution in [3.63, 3.8) is 0 Å². The Morgan fingerprint density at radius 1 is 1.00 bits per heavy atom. The molecule has 9 heteroatoms. The minimum Gasteiger partial charge on any atom is -0.478 e. The molecule has 1 aliphatic heterocycles. The first-order valence-electron chi connectivity index (χ1n) is 12.2. The predicted octanol–water partition coefficient (Wildman–Crippen LogP) is 5.32. The zero-order valence-corrected chi connectivity index (χ0v) is 22.0. The molecule has 2 aromatic carbocycles. The van der Waals surface area contributed by atoms with E-state index in [2.05, 4.69) is 31.2 Å². The van der Waals surface area contributed by atoms with Crippen LogP contribution in [-0.4, -0.2) is 31.6 Å². The molecule has 3 heterocycles. The summed E-state index contributed by atoms with van der Waals surface area (Å²) in [5.41, 5.74) is 6.42. The van der Waals surface area contributed by atoms with Crippen molar-refractivity contribution in [3.8, 4) is 5.69 Å². The summed E-state index contributed by atoms with van der Waals surface area (Å²) in [5, 5.41) is 16.4. The Hall–Kier alpha value is -4.50. The first-order valence-corrected chi connectivity index (χ1v) is 12.6. The van der Waals surface area contributed by atoms with Crippen LogP contribution in [0, 0.1) is 13.8 Å². The number of carboxylic acids is 1. The van der Waals surface area contributed by atoms with Gasteiger partial charge in [0.2, 0.25) is 5.91 Å². The molecule has 192 valence electrons. The van der Waals surface area contributed by atoms with Crippen LogP contribution in [-0.2, 0) is 4.79 Å². The summed E-state index contributed by atoms with van der Waals surface area (Å²) in [6.07, 6.45) is 1.77. The smallest absolute Gasteiger partial charge is 0.335 e. The molecule has 3 N–H and O–H groups in total. The van der Waals surface area contributed by atoms with E-state index in [4.69, 9.17) is 12.2 Å². The minimum absolute atomic E-state index is 0.136. The zero-order valence-electron chi connectivity index (χ0n) is 21.2. The van der Waals surface area contributed by atoms with E-state index < -0.39 is 5.97 Å². The number of nitrogens with zero attached hydrogens (tertiary/aromatic N) is 3. The molecule has 4 aromatic rings. The minimum atomic E-state index is -0.969. The molecule has 0 bridgehead atoms. The molecule has 0 aliphatic carbocycles. The van der Waals surface area contributed by atoms with Gasteiger partial charge in [-0.3, -0.25) is 9.78 Å². The van der Waals surface area contributed by atoms with E-state index in [1.54, 1.807) is 24.4 Å². The van der Waals surface area contributed by atoms with Gasteiger partial charge in [-0.15, -0.1) is 0 Å². The van der Waals surface area contributed by atoms with Crippen LogP contribution in [0.15, 0.2) is 79.0 Å². The Morgan fingerprint density at radius 3 is 2.42 bits per heavy atom. The average Bonchev–Trinajstić information content (AvgIpc) is 3.39. The fourth-order valence-electron chi connectivity index (χ4n) is 5.12. The number of aromatic nitrogens is 2. The predicted molar refractivity (Wildman–Crippen MR) is 151 cm³/mol. The van der Waals surface area contributed by atoms with Crippen molar-refractivity contribution in [3.05, 3.63) is 107 Å². The molecule has 0 saturated carbocycles. The summed E-state index contributed by atoms with van der Waals surface area (Å²) < 4.78 is 2.07. The van der Waals surface area contributed by atoms with Crippen LogP contribution in [0.1, 0.15) is 52.0 Å². The van der Waals surface area contributed by atoms with E-state index in [1.165, 1.54) is 6.92 Å². The van der Waals surface area contributed by atoms with Crippen LogP contribution in [0.25, 0.3) is 5.69 Å². The summed E-state index contributed by atoms with van der Waals surface area (Å²) in [6, 6.07) is 22.0. The number of carbonyl (C=O) groups excluding carboxylic acids is 1. The molecule has 2 atom stereocenters. The van der Waals surface area contributed by atoms with Gasteiger partial charge >= 0.3 is 5.97 Å². The van der Waals surface area contributed by atoms with Gasteiger partial charge in [0.25, 0.3) is 0 Å². The highest BCUT2D eigenvalue weighted by Crippen LogP contribution is 2.44. The Balaban J connectivity index is 1.63. The lowest BCUT2D eigenvalue weighted by Gasteiger charge is -2.28. The monoisotopic (exact) mass is 525 g/mol. The van der Waals surface area contributed by atoms with Gasteiger partial charge in [0, 0.05) is 41.6 Å². The summed E-state index contributed by atoms with van der Waals surface area (Å²) >= 11 is 5.85. The molecule has 0 spiro atoms. The van der Waals surface area contributed by atoms with Crippen molar-refractivity contribution in [2.45, 2.75) is 32.9 Å². The number of aromatic carboxylic acids is 1. The van der Waals surface area contributed by atoms with E-state index in [1.807, 2.05) is 62.4 Å². The van der Waals surface area contributed by atoms with Crippen molar-refractivity contribution < 1.29 is 14.7 Å². The molecule has 0 unspecified atom stereocenters. The molecule has 5 rings (SSSR count). The number of hydrogen-bond acceptors (Lipinski definition) is 4. The Morgan fingerprint density at radius 2 is 1.76 bits per heavy atom. The first kappa shape index (κ1) is 25.2. The number of anilines is 2. The largest absolute Gasteiger partial charge is 0.478 e. The van der Waals surface area contributed by atoms with Crippen LogP contribution < -0.4 is 15.5 Å². The third kappa shape index (κ3) is 4.64. The van der Waals surface area contributed by atoms with Crippen LogP contribution >= 0.6 is 12.2 Å². The van der Waals surface area contributed by atoms with Gasteiger partial charge in [-0.1, -0.05) is 12.1 Å². The summed E-state index contributed by atoms with van der Waals surface area (Å²) in [7, 11) is 0. The van der Waals surface area contributed by atoms with Crippen molar-refractivity contribution in [1.82, 2.24) is 14.9 Å². The number of thiocarbonyl (C=S) groups is 1. The molecule has 1 fully saturated rings. The lowest BCUT2D eigenvalue weighted by molar-refractivity contribution is -0.114. The summed E-state index contributed by atoms with van der Waals surface area (Å²) in [6.45, 7) is 5.51. The zero-order chi connectivity index (χ0) is 27.0. The van der Waals surface area contributed by atoms with E-state index in [-0.39, 0.29) is 23.6 Å². The van der Waals surface area contributed by atoms with Crippen LogP contribution in [0.4, 0.5) is 11.4 Å². The van der Waals surface area contributed by atoms with E-state index in [0.29, 0.717) is 10.8 Å². The first-order chi connectivity index (χ1) is 18.2. The fraction of sp³-hybridized carbons (Fsp3) is 0.172. The Kier molecular flexibility index (Phi) is 6.69. The SMILES string of the molecule is CC(=O)Nc1ccc(N2C(=S)N[C@@H](c3ccccn3)[C@@H]2c2cc(C)n(-c3cccc(C(=O)O)c3)c2C)cc1. The van der Waals surface area contributed by atoms with Crippen LogP contribution in [0.2, 0.25) is 0 Å². The highest BCUT2D eigenvalue weighted by atomic mass is 32.1. The van der Waals surface area contributed by atoms with Crippen LogP contribution in [0.5, 0.6) is 0 Å². The molecule has 38 heavy (non-hydrogen) atoms. The maximum atomic E-state index is 11.6. The number of amides is 1. The number of pyridine rings is 1. The topological polar surface area (TPSA) is 99.5 Å². The van der Waals surface area contributed by atoms with E-state index in [9.17, 15) is 14.7 Å². The fourth-order valence-corrected chi connectivity index (χ4v) is 5.47. The number of carboxylic acid groups (broad SMARTS) is 1. The lowest BCUT2D eigenvalue weighted by Crippen LogP contribution is -2.29. The van der Waals surface area contributed by atoms with Crippen molar-refractivity contribution in [2.75, 3.05) is 10.2 Å². The van der Waals surface area contributed by atoms with Gasteiger partial charge in [-0.2, -0.15) is 0 Å². The number of carbonyl (C=O) groups is 2. The Labute approximate surface area is 225 Å². The second-order valence-electron chi connectivity index (χ2n) is 9.24. The summed E-state index contributed by atoms with van der Waals surface area (Å²) in [4.78, 5) is 29.8. The number of rotatable bonds is 6. The third-order valence-electron chi connectivity index (χ3n) is 6.70. The van der Waals surface area contributed by atoms with Gasteiger partial charge in [-0.05, 0) is 92.3 Å². The average molecular weight is 526 g/mol. The van der Waals surface area contributed by atoms with Gasteiger partial charge in [0.1, 0.15) is 0 Å². The van der Waals surface area contributed by atoms with Crippen molar-refractivity contribution in [1.29, 1.82) is 0 Å². The maximum absolute atomic E-state index is 11.6. The van der Waals surface area contributed by atoms with Crippen molar-refractivity contribution >= 4 is 40.6 Å². The number of hydrogen-bond donors (Lipinski definition) is 3. The highest BCUT2D eigenvalue weighted by Gasteiger charge is 2.42. The highest BCUT2D eigenvalue weighted by molar-refractivity contribution is 7.80. The number of nitrogens with one attached hydrogen (secondary N) is 2. The number of benzene rings is 2. The lowest BCUT2D eigenvalue weighted by atomic mass is 9.96. The molecule has 8 nitrogen and oxygen atoms in total. The van der Waals surface area contributed by atoms with Gasteiger partial charge in [-0.25, -0.2) is 4.79 Å². The molecular weight excluding hydrogens is 498 g/mol. The van der Waals surface area contributed by atoms with Gasteiger partial charge in [0.05, 0.1) is 23.3 Å². The molecule has 1 amide bonds. The normalized spacial score (nSPS) is 16.8. The molecular formula is C29H27N5O3S. The molecule has 1 saturated heterocycles. The Bertz CT molecular complexity index is 1530. The van der Waals surface area contributed by atoms with E-state index in [0.717, 1.165) is 34.0 Å². The molecule has 2 aromatic heterocycles. The third-order valence-corrected chi connectivity index (χ3v) is 7.02. The maximum Gasteiger partial charge on any atom is 0.335 e. The van der Waals surface area contributed by atoms with Gasteiger partial charge < -0.3 is 25.2 Å². The van der Waals surface area contributed by atoms with Crippen molar-refractivity contribution in [2.24, 2.45) is 0 Å². The van der Waals surface area contributed by atoms with Crippen LogP contribution in [0.3, 0.4) is 0 Å². The standard InChI is InChI=1S/C29H27N5O3S/c1-17-15-24(18(2)33(17)23-8-6-7-20(16-23)28(36)37)27-26(25-9-4-5-14-30-25)32-29(38)34(27)22-12-10-21(11-13-22)31-19(3)35/h4-16,26-27H,1-3H3,(H,31,35)(H,32,38)(H,36,37)/t26-,27-/m0/s1. The summed E-state index contributed by atoms with van der Waals surface area (Å²) in [5.74, 6) is -1.10.